The number of aliphatic hydroxyl groups excluding tert-OH is 1. The zero-order chi connectivity index (χ0) is 21.8. The molecule has 1 atom stereocenters. The van der Waals surface area contributed by atoms with Crippen molar-refractivity contribution < 1.29 is 27.8 Å². The van der Waals surface area contributed by atoms with Crippen LogP contribution in [0.25, 0.3) is 0 Å². The van der Waals surface area contributed by atoms with Crippen LogP contribution in [0.4, 0.5) is 30.6 Å². The number of amides is 1. The molecular weight excluding hydrogens is 393 g/mol. The van der Waals surface area contributed by atoms with E-state index >= 15 is 0 Å². The third kappa shape index (κ3) is 4.64. The Morgan fingerprint density at radius 3 is 2.62 bits per heavy atom. The smallest absolute Gasteiger partial charge is 0.416 e. The average molecular weight is 410 g/mol. The molecule has 9 nitrogen and oxygen atoms in total. The van der Waals surface area contributed by atoms with Gasteiger partial charge >= 0.3 is 6.18 Å². The average Bonchev–Trinajstić information content (AvgIpc) is 2.65. The lowest BCUT2D eigenvalue weighted by Crippen LogP contribution is -2.45. The maximum absolute atomic E-state index is 13.2. The Labute approximate surface area is 163 Å². The SMILES string of the molecule is CCOc1nc(N)nc(N(c2cccc(C(F)(F)F)c2)[C@@H](CO)C(N)=O)c1C#N. The van der Waals surface area contributed by atoms with E-state index in [4.69, 9.17) is 16.2 Å². The summed E-state index contributed by atoms with van der Waals surface area (Å²) in [5.41, 5.74) is 9.46. The highest BCUT2D eigenvalue weighted by atomic mass is 19.4. The van der Waals surface area contributed by atoms with Crippen LogP contribution in [-0.2, 0) is 11.0 Å². The van der Waals surface area contributed by atoms with E-state index in [1.807, 2.05) is 0 Å². The number of aromatic nitrogens is 2. The lowest BCUT2D eigenvalue weighted by molar-refractivity contribution is -0.137. The Balaban J connectivity index is 2.81. The van der Waals surface area contributed by atoms with E-state index in [-0.39, 0.29) is 35.5 Å². The highest BCUT2D eigenvalue weighted by molar-refractivity contribution is 5.87. The third-order valence-corrected chi connectivity index (χ3v) is 3.76. The minimum atomic E-state index is -4.68. The molecule has 0 saturated carbocycles. The van der Waals surface area contributed by atoms with Crippen molar-refractivity contribution in [3.8, 4) is 11.9 Å². The van der Waals surface area contributed by atoms with Crippen LogP contribution < -0.4 is 21.1 Å². The second-order valence-electron chi connectivity index (χ2n) is 5.65. The second kappa shape index (κ2) is 8.61. The number of benzene rings is 1. The number of hydrogen-bond acceptors (Lipinski definition) is 8. The monoisotopic (exact) mass is 410 g/mol. The van der Waals surface area contributed by atoms with E-state index in [0.29, 0.717) is 0 Å². The normalized spacial score (nSPS) is 12.1. The van der Waals surface area contributed by atoms with Gasteiger partial charge in [-0.3, -0.25) is 4.79 Å². The minimum absolute atomic E-state index is 0.105. The molecule has 1 heterocycles. The Bertz CT molecular complexity index is 945. The van der Waals surface area contributed by atoms with Gasteiger partial charge in [0.2, 0.25) is 17.7 Å². The molecule has 1 aromatic carbocycles. The van der Waals surface area contributed by atoms with E-state index in [9.17, 15) is 28.3 Å². The van der Waals surface area contributed by atoms with Gasteiger partial charge < -0.3 is 26.2 Å². The Hall–Kier alpha value is -3.59. The molecule has 1 amide bonds. The first-order valence-electron chi connectivity index (χ1n) is 8.21. The summed E-state index contributed by atoms with van der Waals surface area (Å²) in [6.07, 6.45) is -4.68. The molecule has 1 aromatic heterocycles. The fourth-order valence-electron chi connectivity index (χ4n) is 2.54. The summed E-state index contributed by atoms with van der Waals surface area (Å²) in [7, 11) is 0. The summed E-state index contributed by atoms with van der Waals surface area (Å²) in [5, 5.41) is 19.2. The fourth-order valence-corrected chi connectivity index (χ4v) is 2.54. The molecule has 0 aliphatic carbocycles. The van der Waals surface area contributed by atoms with Gasteiger partial charge in [0.25, 0.3) is 0 Å². The van der Waals surface area contributed by atoms with Crippen LogP contribution in [-0.4, -0.2) is 40.2 Å². The van der Waals surface area contributed by atoms with E-state index < -0.39 is 30.3 Å². The number of aliphatic hydroxyl groups is 1. The van der Waals surface area contributed by atoms with Crippen LogP contribution in [0.2, 0.25) is 0 Å². The molecule has 0 aliphatic heterocycles. The van der Waals surface area contributed by atoms with Crippen LogP contribution in [0.5, 0.6) is 5.88 Å². The van der Waals surface area contributed by atoms with Crippen LogP contribution in [0.3, 0.4) is 0 Å². The molecule has 2 aromatic rings. The quantitative estimate of drug-likeness (QED) is 0.618. The summed E-state index contributed by atoms with van der Waals surface area (Å²) >= 11 is 0. The number of rotatable bonds is 7. The highest BCUT2D eigenvalue weighted by Crippen LogP contribution is 2.37. The summed E-state index contributed by atoms with van der Waals surface area (Å²) in [6.45, 7) is 0.849. The number of hydrogen-bond donors (Lipinski definition) is 3. The van der Waals surface area contributed by atoms with E-state index in [2.05, 4.69) is 9.97 Å². The third-order valence-electron chi connectivity index (χ3n) is 3.76. The Morgan fingerprint density at radius 1 is 1.41 bits per heavy atom. The van der Waals surface area contributed by atoms with Crippen LogP contribution in [0, 0.1) is 11.3 Å². The van der Waals surface area contributed by atoms with Crippen molar-refractivity contribution in [3.05, 3.63) is 35.4 Å². The topological polar surface area (TPSA) is 151 Å². The summed E-state index contributed by atoms with van der Waals surface area (Å²) < 4.78 is 44.8. The van der Waals surface area contributed by atoms with Gasteiger partial charge in [-0.25, -0.2) is 0 Å². The van der Waals surface area contributed by atoms with Crippen molar-refractivity contribution in [2.75, 3.05) is 23.8 Å². The predicted octanol–water partition coefficient (Wildman–Crippen LogP) is 1.33. The first kappa shape index (κ1) is 21.7. The van der Waals surface area contributed by atoms with E-state index in [1.54, 1.807) is 13.0 Å². The highest BCUT2D eigenvalue weighted by Gasteiger charge is 2.34. The molecule has 12 heteroatoms. The van der Waals surface area contributed by atoms with Crippen molar-refractivity contribution >= 4 is 23.4 Å². The molecule has 0 spiro atoms. The Morgan fingerprint density at radius 2 is 2.10 bits per heavy atom. The molecule has 2 rings (SSSR count). The molecular formula is C17H17F3N6O3. The fraction of sp³-hybridized carbons (Fsp3) is 0.294. The zero-order valence-electron chi connectivity index (χ0n) is 15.1. The van der Waals surface area contributed by atoms with E-state index in [0.717, 1.165) is 23.1 Å². The van der Waals surface area contributed by atoms with Gasteiger partial charge in [0.15, 0.2) is 11.4 Å². The van der Waals surface area contributed by atoms with Crippen molar-refractivity contribution in [1.82, 2.24) is 9.97 Å². The van der Waals surface area contributed by atoms with Crippen LogP contribution in [0.1, 0.15) is 18.1 Å². The molecule has 0 aliphatic rings. The second-order valence-corrected chi connectivity index (χ2v) is 5.65. The Kier molecular flexibility index (Phi) is 6.45. The number of nitrogen functional groups attached to an aromatic ring is 1. The molecule has 0 fully saturated rings. The number of alkyl halides is 3. The van der Waals surface area contributed by atoms with Gasteiger partial charge in [0.1, 0.15) is 12.1 Å². The molecule has 0 unspecified atom stereocenters. The number of primary amides is 1. The lowest BCUT2D eigenvalue weighted by atomic mass is 10.1. The number of anilines is 3. The van der Waals surface area contributed by atoms with Gasteiger partial charge in [0.05, 0.1) is 18.8 Å². The minimum Gasteiger partial charge on any atom is -0.477 e. The number of carbonyl (C=O) groups is 1. The maximum atomic E-state index is 13.2. The first-order valence-corrected chi connectivity index (χ1v) is 8.21. The number of halogens is 3. The van der Waals surface area contributed by atoms with Gasteiger partial charge in [-0.05, 0) is 25.1 Å². The molecule has 0 radical (unpaired) electrons. The summed E-state index contributed by atoms with van der Waals surface area (Å²) in [4.78, 5) is 20.5. The zero-order valence-corrected chi connectivity index (χ0v) is 15.1. The van der Waals surface area contributed by atoms with Crippen molar-refractivity contribution in [2.24, 2.45) is 5.73 Å². The van der Waals surface area contributed by atoms with Crippen molar-refractivity contribution in [2.45, 2.75) is 19.1 Å². The number of ether oxygens (including phenoxy) is 1. The van der Waals surface area contributed by atoms with Crippen LogP contribution >= 0.6 is 0 Å². The maximum Gasteiger partial charge on any atom is 0.416 e. The predicted molar refractivity (Wildman–Crippen MR) is 96.0 cm³/mol. The molecule has 154 valence electrons. The summed E-state index contributed by atoms with van der Waals surface area (Å²) in [6, 6.07) is 4.13. The van der Waals surface area contributed by atoms with Gasteiger partial charge in [0, 0.05) is 5.69 Å². The number of nitrogens with zero attached hydrogens (tertiary/aromatic N) is 4. The van der Waals surface area contributed by atoms with Gasteiger partial charge in [-0.1, -0.05) is 6.07 Å². The largest absolute Gasteiger partial charge is 0.477 e. The molecule has 0 saturated heterocycles. The van der Waals surface area contributed by atoms with Gasteiger partial charge in [-0.2, -0.15) is 28.4 Å². The first-order chi connectivity index (χ1) is 13.6. The van der Waals surface area contributed by atoms with Crippen LogP contribution in [0.15, 0.2) is 24.3 Å². The van der Waals surface area contributed by atoms with Crippen molar-refractivity contribution in [3.63, 3.8) is 0 Å². The van der Waals surface area contributed by atoms with Gasteiger partial charge in [-0.15, -0.1) is 0 Å². The van der Waals surface area contributed by atoms with Crippen molar-refractivity contribution in [1.29, 1.82) is 5.26 Å². The standard InChI is InChI=1S/C17H17F3N6O3/c1-2-29-15-11(7-21)14(24-16(23)25-15)26(12(8-27)13(22)28)10-5-3-4-9(6-10)17(18,19)20/h3-6,12,27H,2,8H2,1H3,(H2,22,28)(H2,23,24,25)/t12-/m0/s1. The molecule has 5 N–H and O–H groups in total. The summed E-state index contributed by atoms with van der Waals surface area (Å²) in [5.74, 6) is -1.99. The molecule has 0 bridgehead atoms. The molecule has 29 heavy (non-hydrogen) atoms. The number of carbonyl (C=O) groups excluding carboxylic acids is 1. The lowest BCUT2D eigenvalue weighted by Gasteiger charge is -2.31. The number of nitriles is 1. The number of nitrogens with two attached hydrogens (primary N) is 2. The van der Waals surface area contributed by atoms with E-state index in [1.165, 1.54) is 6.07 Å².